The van der Waals surface area contributed by atoms with Crippen LogP contribution in [0.2, 0.25) is 0 Å². The molecule has 38 heavy (non-hydrogen) atoms. The Labute approximate surface area is 233 Å². The minimum Gasteiger partial charge on any atom is -0.493 e. The topological polar surface area (TPSA) is 77.5 Å². The second kappa shape index (κ2) is 17.1. The van der Waals surface area contributed by atoms with E-state index in [1.54, 1.807) is 7.11 Å². The smallest absolute Gasteiger partial charge is 0.305 e. The van der Waals surface area contributed by atoms with Gasteiger partial charge >= 0.3 is 5.97 Å². The van der Waals surface area contributed by atoms with Crippen molar-refractivity contribution in [3.8, 4) is 5.75 Å². The number of morpholine rings is 1. The molecule has 1 aromatic rings. The predicted molar refractivity (Wildman–Crippen MR) is 150 cm³/mol. The molecule has 1 aromatic carbocycles. The van der Waals surface area contributed by atoms with Gasteiger partial charge in [0, 0.05) is 44.5 Å². The molecule has 1 N–H and O–H groups in total. The minimum atomic E-state index is -0.468. The molecule has 8 heteroatoms. The summed E-state index contributed by atoms with van der Waals surface area (Å²) in [5.74, 6) is 0.779. The molecule has 5 atom stereocenters. The number of aliphatic hydroxyl groups excluding tert-OH is 1. The van der Waals surface area contributed by atoms with Crippen LogP contribution in [0.25, 0.3) is 0 Å². The Balaban J connectivity index is 1.34. The Morgan fingerprint density at radius 3 is 2.68 bits per heavy atom. The highest BCUT2D eigenvalue weighted by atomic mass is 35.5. The molecule has 1 heterocycles. The van der Waals surface area contributed by atoms with Crippen LogP contribution in [0, 0.1) is 11.8 Å². The number of rotatable bonds is 16. The number of alkyl halides is 1. The van der Waals surface area contributed by atoms with E-state index in [2.05, 4.69) is 36.1 Å². The number of hydrogen-bond acceptors (Lipinski definition) is 7. The number of carbonyl (C=O) groups is 1. The zero-order chi connectivity index (χ0) is 27.2. The van der Waals surface area contributed by atoms with Crippen molar-refractivity contribution < 1.29 is 28.8 Å². The number of allylic oxidation sites excluding steroid dienone is 2. The number of unbranched alkanes of at least 4 members (excludes halogenated alkanes) is 1. The molecule has 2 fully saturated rings. The van der Waals surface area contributed by atoms with Gasteiger partial charge in [-0.15, -0.1) is 11.6 Å². The first-order valence-electron chi connectivity index (χ1n) is 14.2. The number of hydrogen-bond donors (Lipinski definition) is 1. The SMILES string of the molecule is CCCC(OC)c1ccc(OC[C@@H]2[C@@H](C/C=C\CCCC(=O)OCCN3CCOCC3)[C@H](Cl)C[C@H]2O)cc1. The summed E-state index contributed by atoms with van der Waals surface area (Å²) in [7, 11) is 1.74. The highest BCUT2D eigenvalue weighted by Gasteiger charge is 2.41. The summed E-state index contributed by atoms with van der Waals surface area (Å²) < 4.78 is 22.3. The van der Waals surface area contributed by atoms with Gasteiger partial charge in [0.05, 0.1) is 32.0 Å². The average Bonchev–Trinajstić information content (AvgIpc) is 3.20. The molecular weight excluding hydrogens is 506 g/mol. The van der Waals surface area contributed by atoms with Crippen LogP contribution in [0.1, 0.15) is 63.5 Å². The molecule has 1 unspecified atom stereocenters. The van der Waals surface area contributed by atoms with Crippen LogP contribution in [-0.2, 0) is 19.0 Å². The van der Waals surface area contributed by atoms with Gasteiger partial charge in [0.1, 0.15) is 12.4 Å². The van der Waals surface area contributed by atoms with E-state index in [-0.39, 0.29) is 29.3 Å². The van der Waals surface area contributed by atoms with Gasteiger partial charge in [-0.05, 0) is 55.7 Å². The van der Waals surface area contributed by atoms with Gasteiger partial charge in [-0.25, -0.2) is 0 Å². The normalized spacial score (nSPS) is 25.1. The lowest BCUT2D eigenvalue weighted by molar-refractivity contribution is -0.144. The van der Waals surface area contributed by atoms with Crippen molar-refractivity contribution in [3.63, 3.8) is 0 Å². The first-order valence-corrected chi connectivity index (χ1v) is 14.6. The van der Waals surface area contributed by atoms with Crippen molar-refractivity contribution in [3.05, 3.63) is 42.0 Å². The lowest BCUT2D eigenvalue weighted by Crippen LogP contribution is -2.38. The predicted octanol–water partition coefficient (Wildman–Crippen LogP) is 5.15. The van der Waals surface area contributed by atoms with E-state index >= 15 is 0 Å². The monoisotopic (exact) mass is 551 g/mol. The van der Waals surface area contributed by atoms with E-state index in [1.165, 1.54) is 0 Å². The van der Waals surface area contributed by atoms with Crippen LogP contribution in [0.5, 0.6) is 5.75 Å². The second-order valence-electron chi connectivity index (χ2n) is 10.3. The molecule has 0 amide bonds. The maximum Gasteiger partial charge on any atom is 0.305 e. The molecule has 0 spiro atoms. The molecule has 0 bridgehead atoms. The fourth-order valence-electron chi connectivity index (χ4n) is 5.27. The summed E-state index contributed by atoms with van der Waals surface area (Å²) in [5.41, 5.74) is 1.15. The molecule has 0 aromatic heterocycles. The van der Waals surface area contributed by atoms with Crippen LogP contribution < -0.4 is 4.74 Å². The standard InChI is InChI=1S/C30H46ClNO6/c1-3-8-29(35-2)23-11-13-24(14-12-23)38-22-26-25(27(31)21-28(26)33)9-6-4-5-7-10-30(34)37-20-17-32-15-18-36-19-16-32/h4,6,11-14,25-29,33H,3,5,7-10,15-22H2,1-2H3/b6-4-/t25-,26-,27-,28-,29?/m1/s1. The third kappa shape index (κ3) is 10.2. The van der Waals surface area contributed by atoms with E-state index in [9.17, 15) is 9.90 Å². The summed E-state index contributed by atoms with van der Waals surface area (Å²) >= 11 is 6.60. The van der Waals surface area contributed by atoms with Crippen molar-refractivity contribution in [1.82, 2.24) is 4.90 Å². The summed E-state index contributed by atoms with van der Waals surface area (Å²) in [6.07, 6.45) is 9.28. The maximum absolute atomic E-state index is 12.0. The molecule has 1 aliphatic heterocycles. The number of benzene rings is 1. The quantitative estimate of drug-likeness (QED) is 0.132. The molecule has 1 saturated heterocycles. The van der Waals surface area contributed by atoms with E-state index in [1.807, 2.05) is 12.1 Å². The van der Waals surface area contributed by atoms with Crippen molar-refractivity contribution >= 4 is 17.6 Å². The number of aliphatic hydroxyl groups is 1. The van der Waals surface area contributed by atoms with Crippen LogP contribution >= 0.6 is 11.6 Å². The van der Waals surface area contributed by atoms with Crippen LogP contribution in [0.15, 0.2) is 36.4 Å². The Morgan fingerprint density at radius 1 is 1.21 bits per heavy atom. The van der Waals surface area contributed by atoms with E-state index in [4.69, 9.17) is 30.5 Å². The second-order valence-corrected chi connectivity index (χ2v) is 10.9. The lowest BCUT2D eigenvalue weighted by Gasteiger charge is -2.26. The number of carbonyl (C=O) groups excluding carboxylic acids is 1. The Bertz CT molecular complexity index is 829. The zero-order valence-electron chi connectivity index (χ0n) is 23.1. The van der Waals surface area contributed by atoms with Crippen molar-refractivity contribution in [2.45, 2.75) is 69.5 Å². The van der Waals surface area contributed by atoms with Crippen molar-refractivity contribution in [1.29, 1.82) is 0 Å². The van der Waals surface area contributed by atoms with Gasteiger partial charge in [0.2, 0.25) is 0 Å². The van der Waals surface area contributed by atoms with Crippen molar-refractivity contribution in [2.75, 3.05) is 53.2 Å². The minimum absolute atomic E-state index is 0.0184. The number of ether oxygens (including phenoxy) is 4. The zero-order valence-corrected chi connectivity index (χ0v) is 23.8. The summed E-state index contributed by atoms with van der Waals surface area (Å²) in [6, 6.07) is 8.04. The first kappa shape index (κ1) is 30.9. The Morgan fingerprint density at radius 2 is 1.97 bits per heavy atom. The molecule has 1 aliphatic carbocycles. The van der Waals surface area contributed by atoms with Crippen molar-refractivity contribution in [2.24, 2.45) is 11.8 Å². The molecule has 214 valence electrons. The third-order valence-corrected chi connectivity index (χ3v) is 8.11. The van der Waals surface area contributed by atoms with Gasteiger partial charge in [0.25, 0.3) is 0 Å². The fraction of sp³-hybridized carbons (Fsp3) is 0.700. The maximum atomic E-state index is 12.0. The van der Waals surface area contributed by atoms with Gasteiger partial charge in [-0.1, -0.05) is 37.6 Å². The van der Waals surface area contributed by atoms with E-state index < -0.39 is 6.10 Å². The van der Waals surface area contributed by atoms with Gasteiger partial charge in [0.15, 0.2) is 0 Å². The molecule has 7 nitrogen and oxygen atoms in total. The number of methoxy groups -OCH3 is 1. The Kier molecular flexibility index (Phi) is 13.9. The van der Waals surface area contributed by atoms with Gasteiger partial charge in [-0.3, -0.25) is 9.69 Å². The van der Waals surface area contributed by atoms with Gasteiger partial charge in [-0.2, -0.15) is 0 Å². The van der Waals surface area contributed by atoms with Crippen LogP contribution in [0.4, 0.5) is 0 Å². The van der Waals surface area contributed by atoms with E-state index in [0.29, 0.717) is 26.1 Å². The number of nitrogens with zero attached hydrogens (tertiary/aromatic N) is 1. The molecule has 3 rings (SSSR count). The van der Waals surface area contributed by atoms with E-state index in [0.717, 1.165) is 76.3 Å². The Hall–Kier alpha value is -1.64. The number of esters is 1. The van der Waals surface area contributed by atoms with Crippen LogP contribution in [-0.4, -0.2) is 80.6 Å². The third-order valence-electron chi connectivity index (χ3n) is 7.61. The largest absolute Gasteiger partial charge is 0.493 e. The summed E-state index contributed by atoms with van der Waals surface area (Å²) in [4.78, 5) is 14.2. The molecule has 1 saturated carbocycles. The number of halogens is 1. The molecule has 0 radical (unpaired) electrons. The highest BCUT2D eigenvalue weighted by molar-refractivity contribution is 6.21. The average molecular weight is 552 g/mol. The summed E-state index contributed by atoms with van der Waals surface area (Å²) in [5, 5.41) is 10.5. The molecular formula is C30H46ClNO6. The first-order chi connectivity index (χ1) is 18.5. The van der Waals surface area contributed by atoms with Crippen LogP contribution in [0.3, 0.4) is 0 Å². The molecule has 2 aliphatic rings. The summed E-state index contributed by atoms with van der Waals surface area (Å²) in [6.45, 7) is 7.10. The lowest BCUT2D eigenvalue weighted by atomic mass is 9.92. The fourth-order valence-corrected chi connectivity index (χ4v) is 5.74. The van der Waals surface area contributed by atoms with Gasteiger partial charge < -0.3 is 24.1 Å². The highest BCUT2D eigenvalue weighted by Crippen LogP contribution is 2.39.